The lowest BCUT2D eigenvalue weighted by atomic mass is 9.82. The number of rotatable bonds is 6. The Morgan fingerprint density at radius 2 is 0.868 bits per heavy atom. The van der Waals surface area contributed by atoms with Crippen LogP contribution in [0.5, 0.6) is 0 Å². The molecule has 10 rings (SSSR count). The number of hydrogen-bond donors (Lipinski definition) is 0. The number of para-hydroxylation sites is 2. The van der Waals surface area contributed by atoms with Gasteiger partial charge in [0, 0.05) is 38.9 Å². The Bertz CT molecular complexity index is 2810. The van der Waals surface area contributed by atoms with Gasteiger partial charge in [-0.1, -0.05) is 123 Å². The zero-order chi connectivity index (χ0) is 35.8. The zero-order valence-corrected chi connectivity index (χ0v) is 30.6. The van der Waals surface area contributed by atoms with Gasteiger partial charge in [0.25, 0.3) is 0 Å². The minimum atomic E-state index is -0.0934. The monoisotopic (exact) mass is 680 g/mol. The summed E-state index contributed by atoms with van der Waals surface area (Å²) >= 11 is 0. The number of nitrogens with zero attached hydrogens (tertiary/aromatic N) is 2. The first-order chi connectivity index (χ1) is 25.9. The van der Waals surface area contributed by atoms with Crippen molar-refractivity contribution in [3.8, 4) is 11.1 Å². The summed E-state index contributed by atoms with van der Waals surface area (Å²) in [6.07, 6.45) is 0. The van der Waals surface area contributed by atoms with Crippen molar-refractivity contribution in [3.05, 3.63) is 192 Å². The molecule has 0 amide bonds. The highest BCUT2D eigenvalue weighted by Crippen LogP contribution is 2.52. The Kier molecular flexibility index (Phi) is 7.00. The smallest absolute Gasteiger partial charge is 0.0540 e. The predicted octanol–water partition coefficient (Wildman–Crippen LogP) is 14.4. The number of benzene rings is 9. The van der Waals surface area contributed by atoms with Gasteiger partial charge in [-0.25, -0.2) is 0 Å². The van der Waals surface area contributed by atoms with Crippen LogP contribution in [0.3, 0.4) is 0 Å². The average Bonchev–Trinajstić information content (AvgIpc) is 3.41. The average molecular weight is 681 g/mol. The van der Waals surface area contributed by atoms with Crippen molar-refractivity contribution in [3.63, 3.8) is 0 Å². The molecule has 0 radical (unpaired) electrons. The summed E-state index contributed by atoms with van der Waals surface area (Å²) in [4.78, 5) is 4.88. The Morgan fingerprint density at radius 1 is 0.377 bits per heavy atom. The molecule has 0 N–H and O–H groups in total. The summed E-state index contributed by atoms with van der Waals surface area (Å²) in [5.41, 5.74) is 14.8. The zero-order valence-electron chi connectivity index (χ0n) is 30.6. The molecule has 0 spiro atoms. The van der Waals surface area contributed by atoms with Gasteiger partial charge in [0.15, 0.2) is 0 Å². The van der Waals surface area contributed by atoms with Gasteiger partial charge in [-0.2, -0.15) is 0 Å². The maximum Gasteiger partial charge on any atom is 0.0540 e. The van der Waals surface area contributed by atoms with E-state index in [0.717, 1.165) is 17.1 Å². The van der Waals surface area contributed by atoms with Crippen molar-refractivity contribution in [2.24, 2.45) is 0 Å². The van der Waals surface area contributed by atoms with Gasteiger partial charge < -0.3 is 9.80 Å². The summed E-state index contributed by atoms with van der Waals surface area (Å²) in [7, 11) is 0. The van der Waals surface area contributed by atoms with Gasteiger partial charge in [0.05, 0.1) is 11.4 Å². The van der Waals surface area contributed by atoms with Crippen LogP contribution in [0.2, 0.25) is 0 Å². The maximum atomic E-state index is 2.46. The van der Waals surface area contributed by atoms with Crippen molar-refractivity contribution >= 4 is 66.4 Å². The van der Waals surface area contributed by atoms with E-state index >= 15 is 0 Å². The van der Waals surface area contributed by atoms with E-state index in [9.17, 15) is 0 Å². The third-order valence-corrected chi connectivity index (χ3v) is 11.4. The van der Waals surface area contributed by atoms with Crippen molar-refractivity contribution in [2.75, 3.05) is 9.80 Å². The molecule has 9 aromatic rings. The second kappa shape index (κ2) is 11.8. The van der Waals surface area contributed by atoms with Crippen LogP contribution in [0, 0.1) is 13.8 Å². The highest BCUT2D eigenvalue weighted by Gasteiger charge is 2.36. The largest absolute Gasteiger partial charge is 0.310 e. The summed E-state index contributed by atoms with van der Waals surface area (Å²) < 4.78 is 0. The molecule has 0 fully saturated rings. The van der Waals surface area contributed by atoms with Crippen molar-refractivity contribution in [1.29, 1.82) is 0 Å². The van der Waals surface area contributed by atoms with E-state index in [4.69, 9.17) is 0 Å². The van der Waals surface area contributed by atoms with Gasteiger partial charge in [-0.3, -0.25) is 0 Å². The topological polar surface area (TPSA) is 6.48 Å². The number of anilines is 6. The van der Waals surface area contributed by atoms with Crippen LogP contribution in [0.1, 0.15) is 36.1 Å². The summed E-state index contributed by atoms with van der Waals surface area (Å²) in [6.45, 7) is 9.09. The molecular formula is C51H40N2. The van der Waals surface area contributed by atoms with Gasteiger partial charge >= 0.3 is 0 Å². The standard InChI is InChI=1S/C51H40N2/c1-33-29-34(2)31-40(30-33)53(38-15-9-6-10-16-38)48-28-22-36-19-24-43-47(27-21-35-20-25-44(48)50(36)49(35)43)52(37-13-7-5-8-14-37)39-23-26-42-41-17-11-12-18-45(41)51(3,4)46(42)32-39/h5-32H,1-4H3. The minimum Gasteiger partial charge on any atom is -0.310 e. The van der Waals surface area contributed by atoms with Gasteiger partial charge in [-0.15, -0.1) is 0 Å². The van der Waals surface area contributed by atoms with Crippen LogP contribution < -0.4 is 9.80 Å². The van der Waals surface area contributed by atoms with Crippen LogP contribution in [-0.4, -0.2) is 0 Å². The van der Waals surface area contributed by atoms with E-state index < -0.39 is 0 Å². The maximum absolute atomic E-state index is 2.46. The molecule has 2 heteroatoms. The van der Waals surface area contributed by atoms with Crippen LogP contribution in [-0.2, 0) is 5.41 Å². The lowest BCUT2D eigenvalue weighted by Crippen LogP contribution is -2.16. The van der Waals surface area contributed by atoms with E-state index in [0.29, 0.717) is 0 Å². The van der Waals surface area contributed by atoms with Gasteiger partial charge in [0.2, 0.25) is 0 Å². The molecule has 0 aliphatic heterocycles. The minimum absolute atomic E-state index is 0.0934. The molecule has 0 aromatic heterocycles. The quantitative estimate of drug-likeness (QED) is 0.161. The van der Waals surface area contributed by atoms with Gasteiger partial charge in [-0.05, 0) is 129 Å². The van der Waals surface area contributed by atoms with E-state index in [1.807, 2.05) is 0 Å². The Labute approximate surface area is 311 Å². The Morgan fingerprint density at radius 3 is 1.45 bits per heavy atom. The third-order valence-electron chi connectivity index (χ3n) is 11.4. The second-order valence-electron chi connectivity index (χ2n) is 15.2. The van der Waals surface area contributed by atoms with Crippen LogP contribution in [0.25, 0.3) is 43.4 Å². The number of fused-ring (bicyclic) bond motifs is 3. The van der Waals surface area contributed by atoms with Crippen LogP contribution in [0.15, 0.2) is 170 Å². The summed E-state index contributed by atoms with van der Waals surface area (Å²) in [5, 5.41) is 7.56. The SMILES string of the molecule is Cc1cc(C)cc(N(c2ccccc2)c2ccc3ccc4c(N(c5ccccc5)c5ccc6c(c5)C(C)(C)c5ccccc5-6)ccc5ccc2c3c54)c1. The first kappa shape index (κ1) is 31.4. The highest BCUT2D eigenvalue weighted by atomic mass is 15.1. The van der Waals surface area contributed by atoms with Crippen molar-refractivity contribution in [2.45, 2.75) is 33.1 Å². The molecular weight excluding hydrogens is 641 g/mol. The molecule has 2 nitrogen and oxygen atoms in total. The summed E-state index contributed by atoms with van der Waals surface area (Å²) in [5.74, 6) is 0. The highest BCUT2D eigenvalue weighted by molar-refractivity contribution is 6.28. The lowest BCUT2D eigenvalue weighted by Gasteiger charge is -2.30. The summed E-state index contributed by atoms with van der Waals surface area (Å²) in [6, 6.07) is 62.9. The van der Waals surface area contributed by atoms with E-state index in [1.54, 1.807) is 0 Å². The molecule has 0 heterocycles. The van der Waals surface area contributed by atoms with E-state index in [2.05, 4.69) is 207 Å². The number of hydrogen-bond acceptors (Lipinski definition) is 2. The third kappa shape index (κ3) is 4.86. The van der Waals surface area contributed by atoms with Crippen molar-refractivity contribution < 1.29 is 0 Å². The molecule has 0 bridgehead atoms. The lowest BCUT2D eigenvalue weighted by molar-refractivity contribution is 0.660. The normalized spacial score (nSPS) is 13.1. The fourth-order valence-electron chi connectivity index (χ4n) is 9.08. The first-order valence-corrected chi connectivity index (χ1v) is 18.6. The Balaban J connectivity index is 1.21. The molecule has 1 aliphatic carbocycles. The molecule has 0 atom stereocenters. The molecule has 254 valence electrons. The van der Waals surface area contributed by atoms with E-state index in [1.165, 1.54) is 82.8 Å². The molecule has 9 aromatic carbocycles. The van der Waals surface area contributed by atoms with Crippen LogP contribution in [0.4, 0.5) is 34.1 Å². The first-order valence-electron chi connectivity index (χ1n) is 18.6. The fourth-order valence-corrected chi connectivity index (χ4v) is 9.08. The molecule has 0 unspecified atom stereocenters. The molecule has 0 saturated heterocycles. The molecule has 53 heavy (non-hydrogen) atoms. The predicted molar refractivity (Wildman–Crippen MR) is 227 cm³/mol. The van der Waals surface area contributed by atoms with Crippen LogP contribution >= 0.6 is 0 Å². The number of aryl methyl sites for hydroxylation is 2. The fraction of sp³-hybridized carbons (Fsp3) is 0.0980. The van der Waals surface area contributed by atoms with Crippen molar-refractivity contribution in [1.82, 2.24) is 0 Å². The second-order valence-corrected chi connectivity index (χ2v) is 15.2. The van der Waals surface area contributed by atoms with Gasteiger partial charge in [0.1, 0.15) is 0 Å². The Hall–Kier alpha value is -6.38. The molecule has 1 aliphatic rings. The van der Waals surface area contributed by atoms with E-state index in [-0.39, 0.29) is 5.41 Å². The molecule has 0 saturated carbocycles.